The van der Waals surface area contributed by atoms with Crippen molar-refractivity contribution in [2.24, 2.45) is 5.92 Å². The smallest absolute Gasteiger partial charge is 0.252 e. The summed E-state index contributed by atoms with van der Waals surface area (Å²) in [5.41, 5.74) is 0.466. The Kier molecular flexibility index (Phi) is 4.87. The van der Waals surface area contributed by atoms with Crippen molar-refractivity contribution in [1.29, 1.82) is 0 Å². The van der Waals surface area contributed by atoms with E-state index in [9.17, 15) is 4.79 Å². The molecule has 2 rings (SSSR count). The molecule has 1 saturated heterocycles. The van der Waals surface area contributed by atoms with Crippen molar-refractivity contribution in [1.82, 2.24) is 5.32 Å². The fourth-order valence-corrected chi connectivity index (χ4v) is 2.45. The molecule has 0 aromatic heterocycles. The molecule has 0 atom stereocenters. The van der Waals surface area contributed by atoms with Crippen LogP contribution in [0.1, 0.15) is 23.2 Å². The van der Waals surface area contributed by atoms with E-state index in [1.165, 1.54) is 0 Å². The molecule has 5 heteroatoms. The number of benzene rings is 1. The van der Waals surface area contributed by atoms with Gasteiger partial charge in [0.15, 0.2) is 0 Å². The first kappa shape index (κ1) is 13.7. The van der Waals surface area contributed by atoms with Crippen molar-refractivity contribution >= 4 is 29.1 Å². The predicted octanol–water partition coefficient (Wildman–Crippen LogP) is 3.15. The van der Waals surface area contributed by atoms with Gasteiger partial charge < -0.3 is 10.1 Å². The summed E-state index contributed by atoms with van der Waals surface area (Å²) in [6.45, 7) is 2.23. The van der Waals surface area contributed by atoms with Gasteiger partial charge in [-0.05, 0) is 37.0 Å². The van der Waals surface area contributed by atoms with Gasteiger partial charge >= 0.3 is 0 Å². The first-order valence-electron chi connectivity index (χ1n) is 5.98. The molecular weight excluding hydrogens is 273 g/mol. The number of ether oxygens (including phenoxy) is 1. The van der Waals surface area contributed by atoms with Gasteiger partial charge in [0.05, 0.1) is 10.6 Å². The molecule has 1 N–H and O–H groups in total. The molecule has 18 heavy (non-hydrogen) atoms. The molecule has 1 fully saturated rings. The van der Waals surface area contributed by atoms with Crippen LogP contribution in [0, 0.1) is 5.92 Å². The third-order valence-corrected chi connectivity index (χ3v) is 3.62. The van der Waals surface area contributed by atoms with Gasteiger partial charge in [-0.3, -0.25) is 4.79 Å². The van der Waals surface area contributed by atoms with Crippen LogP contribution in [-0.2, 0) is 4.74 Å². The molecule has 1 aliphatic rings. The monoisotopic (exact) mass is 287 g/mol. The topological polar surface area (TPSA) is 38.3 Å². The van der Waals surface area contributed by atoms with Gasteiger partial charge in [-0.25, -0.2) is 0 Å². The highest BCUT2D eigenvalue weighted by Gasteiger charge is 2.16. The number of halogens is 2. The SMILES string of the molecule is O=C(NCC1CCOCC1)c1ccc(Cl)cc1Cl. The Bertz CT molecular complexity index is 431. The lowest BCUT2D eigenvalue weighted by atomic mass is 10.0. The largest absolute Gasteiger partial charge is 0.381 e. The van der Waals surface area contributed by atoms with E-state index < -0.39 is 0 Å². The summed E-state index contributed by atoms with van der Waals surface area (Å²) in [5, 5.41) is 3.82. The minimum absolute atomic E-state index is 0.150. The summed E-state index contributed by atoms with van der Waals surface area (Å²) in [7, 11) is 0. The second-order valence-corrected chi connectivity index (χ2v) is 5.23. The summed E-state index contributed by atoms with van der Waals surface area (Å²) >= 11 is 11.8. The number of rotatable bonds is 3. The van der Waals surface area contributed by atoms with Crippen LogP contribution in [0.3, 0.4) is 0 Å². The maximum atomic E-state index is 11.9. The quantitative estimate of drug-likeness (QED) is 0.928. The van der Waals surface area contributed by atoms with Crippen molar-refractivity contribution in [2.45, 2.75) is 12.8 Å². The highest BCUT2D eigenvalue weighted by atomic mass is 35.5. The predicted molar refractivity (Wildman–Crippen MR) is 72.3 cm³/mol. The summed E-state index contributed by atoms with van der Waals surface area (Å²) in [5.74, 6) is 0.344. The van der Waals surface area contributed by atoms with Crippen LogP contribution in [0.25, 0.3) is 0 Å². The van der Waals surface area contributed by atoms with Crippen LogP contribution in [0.5, 0.6) is 0 Å². The molecule has 0 radical (unpaired) electrons. The van der Waals surface area contributed by atoms with Crippen molar-refractivity contribution < 1.29 is 9.53 Å². The zero-order valence-corrected chi connectivity index (χ0v) is 11.4. The molecule has 1 aliphatic heterocycles. The standard InChI is InChI=1S/C13H15Cl2NO2/c14-10-1-2-11(12(15)7-10)13(17)16-8-9-3-5-18-6-4-9/h1-2,7,9H,3-6,8H2,(H,16,17). The van der Waals surface area contributed by atoms with Crippen LogP contribution < -0.4 is 5.32 Å². The molecule has 1 heterocycles. The minimum atomic E-state index is -0.150. The molecule has 0 spiro atoms. The molecule has 0 aliphatic carbocycles. The maximum Gasteiger partial charge on any atom is 0.252 e. The average Bonchev–Trinajstić information content (AvgIpc) is 2.37. The summed E-state index contributed by atoms with van der Waals surface area (Å²) < 4.78 is 5.27. The average molecular weight is 288 g/mol. The van der Waals surface area contributed by atoms with Gasteiger partial charge in [0.1, 0.15) is 0 Å². The Morgan fingerprint density at radius 2 is 2.06 bits per heavy atom. The zero-order valence-electron chi connectivity index (χ0n) is 9.92. The molecule has 1 aromatic rings. The van der Waals surface area contributed by atoms with Gasteiger partial charge in [0, 0.05) is 24.8 Å². The van der Waals surface area contributed by atoms with Crippen LogP contribution in [-0.4, -0.2) is 25.7 Å². The Morgan fingerprint density at radius 3 is 2.72 bits per heavy atom. The van der Waals surface area contributed by atoms with E-state index >= 15 is 0 Å². The Hall–Kier alpha value is -0.770. The van der Waals surface area contributed by atoms with E-state index in [-0.39, 0.29) is 5.91 Å². The summed E-state index contributed by atoms with van der Waals surface area (Å²) in [4.78, 5) is 11.9. The second-order valence-electron chi connectivity index (χ2n) is 4.39. The molecule has 0 unspecified atom stereocenters. The third kappa shape index (κ3) is 3.61. The van der Waals surface area contributed by atoms with Gasteiger partial charge in [-0.15, -0.1) is 0 Å². The fourth-order valence-electron chi connectivity index (χ4n) is 1.96. The van der Waals surface area contributed by atoms with Crippen LogP contribution >= 0.6 is 23.2 Å². The van der Waals surface area contributed by atoms with E-state index in [2.05, 4.69) is 5.32 Å². The van der Waals surface area contributed by atoms with Crippen molar-refractivity contribution in [2.75, 3.05) is 19.8 Å². The lowest BCUT2D eigenvalue weighted by Gasteiger charge is -2.22. The van der Waals surface area contributed by atoms with E-state index in [0.29, 0.717) is 28.1 Å². The van der Waals surface area contributed by atoms with E-state index in [1.54, 1.807) is 18.2 Å². The Morgan fingerprint density at radius 1 is 1.33 bits per heavy atom. The summed E-state index contributed by atoms with van der Waals surface area (Å²) in [6, 6.07) is 4.88. The molecule has 0 saturated carbocycles. The second kappa shape index (κ2) is 6.41. The maximum absolute atomic E-state index is 11.9. The normalized spacial score (nSPS) is 16.6. The Balaban J connectivity index is 1.90. The van der Waals surface area contributed by atoms with Crippen LogP contribution in [0.4, 0.5) is 0 Å². The van der Waals surface area contributed by atoms with Gasteiger partial charge in [0.2, 0.25) is 0 Å². The number of carbonyl (C=O) groups excluding carboxylic acids is 1. The summed E-state index contributed by atoms with van der Waals surface area (Å²) in [6.07, 6.45) is 1.99. The number of hydrogen-bond acceptors (Lipinski definition) is 2. The minimum Gasteiger partial charge on any atom is -0.381 e. The highest BCUT2D eigenvalue weighted by Crippen LogP contribution is 2.21. The van der Waals surface area contributed by atoms with Crippen molar-refractivity contribution in [3.63, 3.8) is 0 Å². The van der Waals surface area contributed by atoms with Crippen molar-refractivity contribution in [3.05, 3.63) is 33.8 Å². The lowest BCUT2D eigenvalue weighted by Crippen LogP contribution is -2.32. The van der Waals surface area contributed by atoms with Gasteiger partial charge in [-0.1, -0.05) is 23.2 Å². The van der Waals surface area contributed by atoms with Gasteiger partial charge in [0.25, 0.3) is 5.91 Å². The van der Waals surface area contributed by atoms with E-state index in [4.69, 9.17) is 27.9 Å². The van der Waals surface area contributed by atoms with Crippen LogP contribution in [0.2, 0.25) is 10.0 Å². The fraction of sp³-hybridized carbons (Fsp3) is 0.462. The third-order valence-electron chi connectivity index (χ3n) is 3.07. The molecular formula is C13H15Cl2NO2. The molecule has 0 bridgehead atoms. The van der Waals surface area contributed by atoms with Crippen LogP contribution in [0.15, 0.2) is 18.2 Å². The molecule has 1 amide bonds. The van der Waals surface area contributed by atoms with Gasteiger partial charge in [-0.2, -0.15) is 0 Å². The van der Waals surface area contributed by atoms with Crippen molar-refractivity contribution in [3.8, 4) is 0 Å². The van der Waals surface area contributed by atoms with E-state index in [1.807, 2.05) is 0 Å². The molecule has 98 valence electrons. The Labute approximate surface area is 116 Å². The number of hydrogen-bond donors (Lipinski definition) is 1. The first-order valence-corrected chi connectivity index (χ1v) is 6.73. The number of carbonyl (C=O) groups is 1. The molecule has 1 aromatic carbocycles. The highest BCUT2D eigenvalue weighted by molar-refractivity contribution is 6.36. The van der Waals surface area contributed by atoms with E-state index in [0.717, 1.165) is 26.1 Å². The zero-order chi connectivity index (χ0) is 13.0. The lowest BCUT2D eigenvalue weighted by molar-refractivity contribution is 0.0642. The first-order chi connectivity index (χ1) is 8.66. The number of amides is 1. The molecule has 3 nitrogen and oxygen atoms in total. The number of nitrogens with one attached hydrogen (secondary N) is 1.